The van der Waals surface area contributed by atoms with Gasteiger partial charge in [-0.2, -0.15) is 0 Å². The van der Waals surface area contributed by atoms with Gasteiger partial charge in [0.2, 0.25) is 0 Å². The number of carbonyl (C=O) groups excluding carboxylic acids is 2. The Hall–Kier alpha value is -2.50. The van der Waals surface area contributed by atoms with Gasteiger partial charge in [-0.25, -0.2) is 9.59 Å². The lowest BCUT2D eigenvalue weighted by Crippen LogP contribution is -2.45. The molecule has 0 fully saturated rings. The molecule has 0 radical (unpaired) electrons. The number of benzene rings is 1. The van der Waals surface area contributed by atoms with Crippen molar-refractivity contribution in [3.63, 3.8) is 0 Å². The topological polar surface area (TPSA) is 76.7 Å². The van der Waals surface area contributed by atoms with E-state index in [0.29, 0.717) is 24.5 Å². The van der Waals surface area contributed by atoms with Crippen LogP contribution in [-0.4, -0.2) is 25.2 Å². The molecule has 2 rings (SSSR count). The van der Waals surface area contributed by atoms with Crippen molar-refractivity contribution < 1.29 is 19.1 Å². The summed E-state index contributed by atoms with van der Waals surface area (Å²) in [5.74, 6) is 0.354. The second-order valence-electron chi connectivity index (χ2n) is 6.62. The van der Waals surface area contributed by atoms with Crippen molar-refractivity contribution in [1.82, 2.24) is 10.6 Å². The highest BCUT2D eigenvalue weighted by atomic mass is 16.5. The van der Waals surface area contributed by atoms with E-state index in [9.17, 15) is 9.59 Å². The van der Waals surface area contributed by atoms with Crippen LogP contribution >= 0.6 is 0 Å². The highest BCUT2D eigenvalue weighted by Gasteiger charge is 2.32. The molecule has 6 nitrogen and oxygen atoms in total. The van der Waals surface area contributed by atoms with E-state index >= 15 is 0 Å². The van der Waals surface area contributed by atoms with Crippen molar-refractivity contribution in [3.8, 4) is 5.75 Å². The quantitative estimate of drug-likeness (QED) is 0.475. The van der Waals surface area contributed by atoms with Gasteiger partial charge in [-0.1, -0.05) is 44.7 Å². The zero-order valence-electron chi connectivity index (χ0n) is 16.5. The summed E-state index contributed by atoms with van der Waals surface area (Å²) >= 11 is 0. The number of nitrogens with one attached hydrogen (secondary N) is 2. The van der Waals surface area contributed by atoms with Gasteiger partial charge in [0.25, 0.3) is 0 Å². The lowest BCUT2D eigenvalue weighted by atomic mass is 9.95. The smallest absolute Gasteiger partial charge is 0.338 e. The van der Waals surface area contributed by atoms with E-state index in [4.69, 9.17) is 9.47 Å². The third kappa shape index (κ3) is 6.01. The maximum absolute atomic E-state index is 12.7. The Balaban J connectivity index is 2.07. The van der Waals surface area contributed by atoms with E-state index in [1.165, 1.54) is 12.8 Å². The first-order chi connectivity index (χ1) is 13.1. The molecule has 148 valence electrons. The molecule has 1 aliphatic heterocycles. The van der Waals surface area contributed by atoms with Crippen LogP contribution in [0.2, 0.25) is 0 Å². The van der Waals surface area contributed by atoms with Gasteiger partial charge in [0, 0.05) is 5.70 Å². The minimum Gasteiger partial charge on any atom is -0.494 e. The summed E-state index contributed by atoms with van der Waals surface area (Å²) in [5.41, 5.74) is 1.77. The van der Waals surface area contributed by atoms with Gasteiger partial charge in [-0.05, 0) is 38.0 Å². The summed E-state index contributed by atoms with van der Waals surface area (Å²) in [4.78, 5) is 24.6. The molecule has 0 saturated heterocycles. The molecule has 1 aromatic rings. The number of amides is 2. The van der Waals surface area contributed by atoms with E-state index in [1.807, 2.05) is 31.2 Å². The fourth-order valence-electron chi connectivity index (χ4n) is 3.09. The van der Waals surface area contributed by atoms with Crippen LogP contribution in [-0.2, 0) is 9.53 Å². The van der Waals surface area contributed by atoms with E-state index in [2.05, 4.69) is 17.6 Å². The second kappa shape index (κ2) is 10.6. The largest absolute Gasteiger partial charge is 0.494 e. The van der Waals surface area contributed by atoms with Crippen LogP contribution in [0.25, 0.3) is 0 Å². The number of esters is 1. The predicted molar refractivity (Wildman–Crippen MR) is 104 cm³/mol. The Labute approximate surface area is 161 Å². The average Bonchev–Trinajstić information content (AvgIpc) is 2.64. The van der Waals surface area contributed by atoms with Crippen molar-refractivity contribution in [2.75, 3.05) is 13.2 Å². The van der Waals surface area contributed by atoms with E-state index in [-0.39, 0.29) is 6.03 Å². The van der Waals surface area contributed by atoms with E-state index in [0.717, 1.165) is 30.6 Å². The Morgan fingerprint density at radius 1 is 1.07 bits per heavy atom. The van der Waals surface area contributed by atoms with Crippen LogP contribution < -0.4 is 15.4 Å². The number of hydrogen-bond donors (Lipinski definition) is 2. The molecule has 2 N–H and O–H groups in total. The standard InChI is InChI=1S/C21H30N2O4/c1-4-6-7-8-9-14-27-20(24)18-15(3)22-21(25)23-19(18)16-10-12-17(13-11-16)26-5-2/h10-13,19H,4-9,14H2,1-3H3,(H2,22,23,25)/t19-/m0/s1. The van der Waals surface area contributed by atoms with Crippen molar-refractivity contribution in [1.29, 1.82) is 0 Å². The molecule has 0 saturated carbocycles. The molecule has 0 bridgehead atoms. The van der Waals surface area contributed by atoms with Crippen molar-refractivity contribution in [3.05, 3.63) is 41.1 Å². The highest BCUT2D eigenvalue weighted by Crippen LogP contribution is 2.29. The molecule has 1 aliphatic rings. The Kier molecular flexibility index (Phi) is 8.17. The fraction of sp³-hybridized carbons (Fsp3) is 0.524. The summed E-state index contributed by atoms with van der Waals surface area (Å²) in [7, 11) is 0. The van der Waals surface area contributed by atoms with Gasteiger partial charge in [-0.3, -0.25) is 0 Å². The SMILES string of the molecule is CCCCCCCOC(=O)C1=C(C)NC(=O)N[C@H]1c1ccc(OCC)cc1. The first kappa shape index (κ1) is 20.8. The summed E-state index contributed by atoms with van der Waals surface area (Å²) < 4.78 is 10.9. The molecular formula is C21H30N2O4. The lowest BCUT2D eigenvalue weighted by molar-refractivity contribution is -0.139. The zero-order valence-corrected chi connectivity index (χ0v) is 16.5. The highest BCUT2D eigenvalue weighted by molar-refractivity contribution is 5.95. The molecule has 0 aromatic heterocycles. The third-order valence-electron chi connectivity index (χ3n) is 4.49. The van der Waals surface area contributed by atoms with Crippen LogP contribution in [0.1, 0.15) is 64.5 Å². The number of allylic oxidation sites excluding steroid dienone is 1. The van der Waals surface area contributed by atoms with Crippen LogP contribution in [0.4, 0.5) is 4.79 Å². The number of hydrogen-bond acceptors (Lipinski definition) is 4. The Bertz CT molecular complexity index is 667. The summed E-state index contributed by atoms with van der Waals surface area (Å²) in [6, 6.07) is 6.50. The van der Waals surface area contributed by atoms with Crippen molar-refractivity contribution in [2.24, 2.45) is 0 Å². The maximum atomic E-state index is 12.7. The first-order valence-corrected chi connectivity index (χ1v) is 9.75. The maximum Gasteiger partial charge on any atom is 0.338 e. The second-order valence-corrected chi connectivity index (χ2v) is 6.62. The van der Waals surface area contributed by atoms with Gasteiger partial charge >= 0.3 is 12.0 Å². The minimum atomic E-state index is -0.540. The average molecular weight is 374 g/mol. The van der Waals surface area contributed by atoms with Gasteiger partial charge in [0.05, 0.1) is 24.8 Å². The summed E-state index contributed by atoms with van der Waals surface area (Å²) in [5, 5.41) is 5.48. The van der Waals surface area contributed by atoms with Gasteiger partial charge in [-0.15, -0.1) is 0 Å². The molecule has 1 atom stereocenters. The fourth-order valence-corrected chi connectivity index (χ4v) is 3.09. The number of urea groups is 1. The van der Waals surface area contributed by atoms with Crippen LogP contribution in [0.3, 0.4) is 0 Å². The normalized spacial score (nSPS) is 16.6. The minimum absolute atomic E-state index is 0.331. The van der Waals surface area contributed by atoms with Gasteiger partial charge in [0.1, 0.15) is 5.75 Å². The predicted octanol–water partition coefficient (Wildman–Crippen LogP) is 4.23. The van der Waals surface area contributed by atoms with E-state index < -0.39 is 12.0 Å². The first-order valence-electron chi connectivity index (χ1n) is 9.75. The molecule has 0 unspecified atom stereocenters. The number of rotatable bonds is 10. The van der Waals surface area contributed by atoms with Crippen LogP contribution in [0, 0.1) is 0 Å². The summed E-state index contributed by atoms with van der Waals surface area (Å²) in [6.45, 7) is 6.78. The molecule has 1 aromatic carbocycles. The molecule has 6 heteroatoms. The third-order valence-corrected chi connectivity index (χ3v) is 4.49. The molecule has 0 spiro atoms. The summed E-state index contributed by atoms with van der Waals surface area (Å²) in [6.07, 6.45) is 5.44. The van der Waals surface area contributed by atoms with Crippen LogP contribution in [0.15, 0.2) is 35.5 Å². The van der Waals surface area contributed by atoms with Crippen LogP contribution in [0.5, 0.6) is 5.75 Å². The number of ether oxygens (including phenoxy) is 2. The monoisotopic (exact) mass is 374 g/mol. The van der Waals surface area contributed by atoms with Gasteiger partial charge < -0.3 is 20.1 Å². The molecular weight excluding hydrogens is 344 g/mol. The van der Waals surface area contributed by atoms with Gasteiger partial charge in [0.15, 0.2) is 0 Å². The molecule has 27 heavy (non-hydrogen) atoms. The number of unbranched alkanes of at least 4 members (excludes halogenated alkanes) is 4. The lowest BCUT2D eigenvalue weighted by Gasteiger charge is -2.28. The van der Waals surface area contributed by atoms with Crippen molar-refractivity contribution in [2.45, 2.75) is 58.9 Å². The number of carbonyl (C=O) groups is 2. The molecule has 1 heterocycles. The van der Waals surface area contributed by atoms with E-state index in [1.54, 1.807) is 6.92 Å². The van der Waals surface area contributed by atoms with Crippen molar-refractivity contribution >= 4 is 12.0 Å². The Morgan fingerprint density at radius 2 is 1.78 bits per heavy atom. The molecule has 2 amide bonds. The Morgan fingerprint density at radius 3 is 2.44 bits per heavy atom. The molecule has 0 aliphatic carbocycles. The zero-order chi connectivity index (χ0) is 19.6.